The average Bonchev–Trinajstić information content (AvgIpc) is 3.22. The lowest BCUT2D eigenvalue weighted by Crippen LogP contribution is -2.71. The van der Waals surface area contributed by atoms with Crippen molar-refractivity contribution in [1.82, 2.24) is 10.6 Å². The van der Waals surface area contributed by atoms with Gasteiger partial charge in [0.2, 0.25) is 11.8 Å². The molecule has 0 spiro atoms. The van der Waals surface area contributed by atoms with Gasteiger partial charge < -0.3 is 125 Å². The molecule has 5 heterocycles. The molecule has 5 saturated heterocycles. The van der Waals surface area contributed by atoms with Gasteiger partial charge in [0, 0.05) is 13.8 Å². The molecule has 0 unspecified atom stereocenters. The molecular weight excluding hydrogens is 836 g/mol. The molecule has 354 valence electrons. The van der Waals surface area contributed by atoms with Gasteiger partial charge in [0.25, 0.3) is 0 Å². The number of carbonyl (C=O) groups excluding carboxylic acids is 2. The summed E-state index contributed by atoms with van der Waals surface area (Å²) in [4.78, 5) is 24.7. The van der Waals surface area contributed by atoms with E-state index in [-0.39, 0.29) is 0 Å². The predicted octanol–water partition coefficient (Wildman–Crippen LogP) is -10.6. The van der Waals surface area contributed by atoms with Gasteiger partial charge in [0.1, 0.15) is 116 Å². The van der Waals surface area contributed by atoms with Crippen LogP contribution in [0.1, 0.15) is 20.8 Å². The molecule has 2 amide bonds. The fourth-order valence-corrected chi connectivity index (χ4v) is 7.77. The van der Waals surface area contributed by atoms with Crippen LogP contribution in [0, 0.1) is 0 Å². The molecule has 0 bridgehead atoms. The number of aliphatic hydroxyl groups excluding tert-OH is 14. The van der Waals surface area contributed by atoms with Gasteiger partial charge in [-0.3, -0.25) is 9.59 Å². The first kappa shape index (κ1) is 50.0. The van der Waals surface area contributed by atoms with E-state index in [0.717, 1.165) is 13.8 Å². The Morgan fingerprint density at radius 3 is 1.41 bits per heavy atom. The van der Waals surface area contributed by atoms with Gasteiger partial charge in [-0.05, 0) is 6.92 Å². The smallest absolute Gasteiger partial charge is 0.217 e. The number of amides is 2. The molecular formula is C34H58N2O25. The van der Waals surface area contributed by atoms with Crippen molar-refractivity contribution in [3.05, 3.63) is 0 Å². The lowest BCUT2D eigenvalue weighted by Gasteiger charge is -2.52. The topological polar surface area (TPSA) is 424 Å². The molecule has 61 heavy (non-hydrogen) atoms. The summed E-state index contributed by atoms with van der Waals surface area (Å²) in [5.74, 6) is -1.52. The lowest BCUT2D eigenvalue weighted by atomic mass is 9.93. The molecule has 27 nitrogen and oxygen atoms in total. The Balaban J connectivity index is 1.51. The molecule has 5 aliphatic rings. The van der Waals surface area contributed by atoms with Crippen molar-refractivity contribution in [3.8, 4) is 0 Å². The average molecular weight is 895 g/mol. The van der Waals surface area contributed by atoms with Crippen molar-refractivity contribution in [2.75, 3.05) is 26.4 Å². The van der Waals surface area contributed by atoms with Crippen LogP contribution < -0.4 is 10.6 Å². The van der Waals surface area contributed by atoms with Gasteiger partial charge in [-0.25, -0.2) is 0 Å². The summed E-state index contributed by atoms with van der Waals surface area (Å²) in [7, 11) is 0. The zero-order valence-electron chi connectivity index (χ0n) is 33.0. The Morgan fingerprint density at radius 1 is 0.426 bits per heavy atom. The number of carbonyl (C=O) groups is 2. The predicted molar refractivity (Wildman–Crippen MR) is 188 cm³/mol. The van der Waals surface area contributed by atoms with Gasteiger partial charge in [-0.1, -0.05) is 0 Å². The minimum Gasteiger partial charge on any atom is -0.394 e. The van der Waals surface area contributed by atoms with Gasteiger partial charge >= 0.3 is 0 Å². The number of nitrogens with one attached hydrogen (secondary N) is 2. The Labute approximate surface area is 346 Å². The van der Waals surface area contributed by atoms with Gasteiger partial charge in [0.15, 0.2) is 31.5 Å². The highest BCUT2D eigenvalue weighted by Gasteiger charge is 2.58. The Morgan fingerprint density at radius 2 is 0.852 bits per heavy atom. The van der Waals surface area contributed by atoms with E-state index in [1.165, 1.54) is 6.92 Å². The summed E-state index contributed by atoms with van der Waals surface area (Å²) in [5, 5.41) is 153. The lowest BCUT2D eigenvalue weighted by molar-refractivity contribution is -0.391. The van der Waals surface area contributed by atoms with Crippen LogP contribution in [0.4, 0.5) is 0 Å². The first-order chi connectivity index (χ1) is 28.8. The van der Waals surface area contributed by atoms with Crippen molar-refractivity contribution in [2.45, 2.75) is 174 Å². The van der Waals surface area contributed by atoms with Crippen LogP contribution in [0.25, 0.3) is 0 Å². The fourth-order valence-electron chi connectivity index (χ4n) is 7.77. The van der Waals surface area contributed by atoms with Crippen LogP contribution >= 0.6 is 0 Å². The number of hydrogen-bond acceptors (Lipinski definition) is 25. The first-order valence-corrected chi connectivity index (χ1v) is 19.5. The molecule has 27 heteroatoms. The van der Waals surface area contributed by atoms with Crippen LogP contribution in [0.2, 0.25) is 0 Å². The highest BCUT2D eigenvalue weighted by Crippen LogP contribution is 2.37. The third-order valence-electron chi connectivity index (χ3n) is 11.1. The Bertz CT molecular complexity index is 1420. The molecule has 16 N–H and O–H groups in total. The number of ether oxygens (including phenoxy) is 9. The second-order valence-electron chi connectivity index (χ2n) is 15.4. The molecule has 5 rings (SSSR count). The van der Waals surface area contributed by atoms with Crippen LogP contribution in [-0.4, -0.2) is 263 Å². The highest BCUT2D eigenvalue weighted by atomic mass is 16.8. The summed E-state index contributed by atoms with van der Waals surface area (Å²) in [6.45, 7) is -0.302. The molecule has 0 aromatic heterocycles. The molecule has 0 saturated carbocycles. The van der Waals surface area contributed by atoms with E-state index in [9.17, 15) is 81.1 Å². The van der Waals surface area contributed by atoms with Gasteiger partial charge in [-0.2, -0.15) is 0 Å². The van der Waals surface area contributed by atoms with E-state index in [4.69, 9.17) is 42.6 Å². The van der Waals surface area contributed by atoms with E-state index >= 15 is 0 Å². The molecule has 5 fully saturated rings. The van der Waals surface area contributed by atoms with E-state index < -0.39 is 192 Å². The van der Waals surface area contributed by atoms with Crippen molar-refractivity contribution >= 4 is 11.8 Å². The third kappa shape index (κ3) is 10.8. The minimum absolute atomic E-state index is 0.705. The molecule has 0 aromatic carbocycles. The van der Waals surface area contributed by atoms with E-state index in [0.29, 0.717) is 0 Å². The standard InChI is InChI=1S/C34H58N2O25/c1-8-17(43)21(47)23(49)32(53-8)60-28-16(36-10(3)42)31(58-26-13(6-39)54-30(52)15(20(26)46)35-9(2)41)57-14(7-40)27(28)59-34-25(51)29(19(45)12(5-38)56-34)61-33-24(50)22(48)18(44)11(4-37)55-33/h8,11-34,37-40,43-52H,4-7H2,1-3H3,(H,35,41)(H,36,42)/t8-,11+,12+,13+,14+,15+,16+,17+,18+,19+,20+,21+,22-,23-,24-,25-,26+,27+,28+,29-,30+,31-,32-,33+,34-/m0/s1. The third-order valence-corrected chi connectivity index (χ3v) is 11.1. The quantitative estimate of drug-likeness (QED) is 0.0770. The summed E-state index contributed by atoms with van der Waals surface area (Å²) < 4.78 is 52.1. The SMILES string of the molecule is CC(=O)N[C@@H]1[C@@H](O)[C@H](O[C@@H]2O[C@H](CO)[C@@H](O[C@@H]3O[C@H](CO)[C@@H](O)[C@H](O[C@H]4O[C@H](CO)[C@@H](O)[C@H](O)[C@@H]4O)[C@@H]3O)[C@H](O[C@@H]3O[C@@H](C)[C@@H](O)[C@@H](O)[C@@H]3O)[C@H]2NC(C)=O)[C@@H](CO)O[C@H]1O. The van der Waals surface area contributed by atoms with Crippen molar-refractivity contribution in [1.29, 1.82) is 0 Å². The minimum atomic E-state index is -2.15. The molecule has 5 aliphatic heterocycles. The van der Waals surface area contributed by atoms with Crippen molar-refractivity contribution in [2.24, 2.45) is 0 Å². The number of hydrogen-bond donors (Lipinski definition) is 16. The summed E-state index contributed by atoms with van der Waals surface area (Å²) in [5.41, 5.74) is 0. The van der Waals surface area contributed by atoms with Gasteiger partial charge in [-0.15, -0.1) is 0 Å². The maximum atomic E-state index is 12.8. The molecule has 25 atom stereocenters. The Hall–Kier alpha value is -1.98. The fraction of sp³-hybridized carbons (Fsp3) is 0.941. The van der Waals surface area contributed by atoms with Crippen molar-refractivity contribution < 1.29 is 124 Å². The Kier molecular flexibility index (Phi) is 17.5. The highest BCUT2D eigenvalue weighted by molar-refractivity contribution is 5.73. The van der Waals surface area contributed by atoms with Crippen LogP contribution in [0.5, 0.6) is 0 Å². The summed E-state index contributed by atoms with van der Waals surface area (Å²) in [6, 6.07) is -3.25. The monoisotopic (exact) mass is 894 g/mol. The largest absolute Gasteiger partial charge is 0.394 e. The first-order valence-electron chi connectivity index (χ1n) is 19.5. The zero-order chi connectivity index (χ0) is 45.2. The second kappa shape index (κ2) is 21.3. The molecule has 0 aliphatic carbocycles. The van der Waals surface area contributed by atoms with E-state index in [2.05, 4.69) is 10.6 Å². The maximum absolute atomic E-state index is 12.8. The van der Waals surface area contributed by atoms with Crippen molar-refractivity contribution in [3.63, 3.8) is 0 Å². The number of aliphatic hydroxyl groups is 14. The number of rotatable bonds is 14. The normalized spacial score (nSPS) is 49.6. The van der Waals surface area contributed by atoms with E-state index in [1.54, 1.807) is 0 Å². The van der Waals surface area contributed by atoms with E-state index in [1.807, 2.05) is 0 Å². The van der Waals surface area contributed by atoms with Crippen LogP contribution in [0.3, 0.4) is 0 Å². The summed E-state index contributed by atoms with van der Waals surface area (Å²) in [6.07, 6.45) is -41.6. The van der Waals surface area contributed by atoms with Crippen LogP contribution in [-0.2, 0) is 52.2 Å². The second-order valence-corrected chi connectivity index (χ2v) is 15.4. The zero-order valence-corrected chi connectivity index (χ0v) is 33.0. The maximum Gasteiger partial charge on any atom is 0.217 e. The summed E-state index contributed by atoms with van der Waals surface area (Å²) >= 11 is 0. The van der Waals surface area contributed by atoms with Crippen LogP contribution in [0.15, 0.2) is 0 Å². The molecule has 0 radical (unpaired) electrons. The molecule has 0 aromatic rings. The van der Waals surface area contributed by atoms with Gasteiger partial charge in [0.05, 0.1) is 32.5 Å².